The van der Waals surface area contributed by atoms with E-state index in [1.54, 1.807) is 30.2 Å². The van der Waals surface area contributed by atoms with Crippen LogP contribution in [0.15, 0.2) is 47.4 Å². The molecule has 0 radical (unpaired) electrons. The number of ether oxygens (including phenoxy) is 2. The first-order valence-electron chi connectivity index (χ1n) is 7.87. The van der Waals surface area contributed by atoms with Gasteiger partial charge in [-0.05, 0) is 42.8 Å². The number of fused-ring (bicyclic) bond motifs is 1. The van der Waals surface area contributed by atoms with Crippen molar-refractivity contribution in [1.29, 1.82) is 0 Å². The van der Waals surface area contributed by atoms with Crippen molar-refractivity contribution in [3.8, 4) is 5.75 Å². The molecule has 1 atom stereocenters. The zero-order valence-corrected chi connectivity index (χ0v) is 15.1. The monoisotopic (exact) mass is 357 g/mol. The Kier molecular flexibility index (Phi) is 4.99. The summed E-state index contributed by atoms with van der Waals surface area (Å²) in [6.07, 6.45) is 0. The molecule has 1 heterocycles. The number of anilines is 1. The highest BCUT2D eigenvalue weighted by Gasteiger charge is 2.31. The minimum Gasteiger partial charge on any atom is -0.497 e. The van der Waals surface area contributed by atoms with E-state index in [-0.39, 0.29) is 17.1 Å². The zero-order chi connectivity index (χ0) is 18.0. The van der Waals surface area contributed by atoms with E-state index in [1.807, 2.05) is 31.2 Å². The average molecular weight is 357 g/mol. The summed E-state index contributed by atoms with van der Waals surface area (Å²) in [6.45, 7) is 2.29. The van der Waals surface area contributed by atoms with Crippen molar-refractivity contribution in [1.82, 2.24) is 0 Å². The van der Waals surface area contributed by atoms with Crippen LogP contribution in [0.2, 0.25) is 0 Å². The van der Waals surface area contributed by atoms with Gasteiger partial charge in [0.05, 0.1) is 37.3 Å². The van der Waals surface area contributed by atoms with Gasteiger partial charge in [0, 0.05) is 4.90 Å². The number of hydrogen-bond acceptors (Lipinski definition) is 5. The lowest BCUT2D eigenvalue weighted by Crippen LogP contribution is -2.39. The second-order valence-corrected chi connectivity index (χ2v) is 7.09. The van der Waals surface area contributed by atoms with Crippen LogP contribution in [0.3, 0.4) is 0 Å². The fourth-order valence-electron chi connectivity index (χ4n) is 2.78. The Morgan fingerprint density at radius 2 is 2.00 bits per heavy atom. The maximum absolute atomic E-state index is 12.7. The summed E-state index contributed by atoms with van der Waals surface area (Å²) in [5.41, 5.74) is 2.20. The molecule has 0 aliphatic carbocycles. The largest absolute Gasteiger partial charge is 0.497 e. The zero-order valence-electron chi connectivity index (χ0n) is 14.3. The van der Waals surface area contributed by atoms with Gasteiger partial charge in [0.15, 0.2) is 0 Å². The standard InChI is InChI=1S/C19H19NO4S/c1-12-18(21)20(16-8-7-15(23-2)10-17(16)25-12)11-13-5-4-6-14(9-13)19(22)24-3/h4-10,12H,11H2,1-3H3. The van der Waals surface area contributed by atoms with Gasteiger partial charge >= 0.3 is 5.97 Å². The van der Waals surface area contributed by atoms with E-state index in [9.17, 15) is 9.59 Å². The molecule has 0 spiro atoms. The van der Waals surface area contributed by atoms with Gasteiger partial charge in [0.1, 0.15) is 5.75 Å². The summed E-state index contributed by atoms with van der Waals surface area (Å²) in [5, 5.41) is -0.177. The van der Waals surface area contributed by atoms with Gasteiger partial charge in [-0.1, -0.05) is 12.1 Å². The van der Waals surface area contributed by atoms with Crippen LogP contribution in [0.5, 0.6) is 5.75 Å². The molecular formula is C19H19NO4S. The van der Waals surface area contributed by atoms with Crippen LogP contribution in [-0.2, 0) is 16.1 Å². The molecule has 2 aromatic carbocycles. The first-order chi connectivity index (χ1) is 12.0. The first kappa shape index (κ1) is 17.4. The molecule has 0 N–H and O–H groups in total. The Hall–Kier alpha value is -2.47. The summed E-state index contributed by atoms with van der Waals surface area (Å²) >= 11 is 1.53. The Morgan fingerprint density at radius 3 is 2.72 bits per heavy atom. The molecule has 1 amide bonds. The molecule has 6 heteroatoms. The van der Waals surface area contributed by atoms with E-state index in [0.29, 0.717) is 12.1 Å². The smallest absolute Gasteiger partial charge is 0.337 e. The van der Waals surface area contributed by atoms with Crippen LogP contribution in [-0.4, -0.2) is 31.3 Å². The Bertz CT molecular complexity index is 821. The molecule has 5 nitrogen and oxygen atoms in total. The summed E-state index contributed by atoms with van der Waals surface area (Å²) in [6, 6.07) is 12.8. The molecule has 0 bridgehead atoms. The SMILES string of the molecule is COC(=O)c1cccc(CN2C(=O)C(C)Sc3cc(OC)ccc32)c1. The number of thioether (sulfide) groups is 1. The van der Waals surface area contributed by atoms with Crippen molar-refractivity contribution in [3.05, 3.63) is 53.6 Å². The number of nitrogens with zero attached hydrogens (tertiary/aromatic N) is 1. The number of methoxy groups -OCH3 is 2. The number of carbonyl (C=O) groups excluding carboxylic acids is 2. The van der Waals surface area contributed by atoms with E-state index in [1.165, 1.54) is 18.9 Å². The summed E-state index contributed by atoms with van der Waals surface area (Å²) in [4.78, 5) is 27.2. The van der Waals surface area contributed by atoms with Crippen molar-refractivity contribution >= 4 is 29.3 Å². The molecule has 130 valence electrons. The number of benzene rings is 2. The molecule has 1 aliphatic heterocycles. The van der Waals surface area contributed by atoms with Crippen LogP contribution in [0.1, 0.15) is 22.8 Å². The number of hydrogen-bond donors (Lipinski definition) is 0. The fourth-order valence-corrected chi connectivity index (χ4v) is 3.87. The number of carbonyl (C=O) groups is 2. The quantitative estimate of drug-likeness (QED) is 0.784. The lowest BCUT2D eigenvalue weighted by atomic mass is 10.1. The van der Waals surface area contributed by atoms with Gasteiger partial charge in [0.2, 0.25) is 5.91 Å². The highest BCUT2D eigenvalue weighted by molar-refractivity contribution is 8.01. The summed E-state index contributed by atoms with van der Waals surface area (Å²) in [5.74, 6) is 0.424. The van der Waals surface area contributed by atoms with Gasteiger partial charge in [0.25, 0.3) is 0 Å². The molecule has 0 saturated carbocycles. The molecule has 3 rings (SSSR count). The third kappa shape index (κ3) is 3.49. The van der Waals surface area contributed by atoms with Crippen LogP contribution in [0.25, 0.3) is 0 Å². The highest BCUT2D eigenvalue weighted by Crippen LogP contribution is 2.41. The van der Waals surface area contributed by atoms with Crippen LogP contribution in [0, 0.1) is 0 Å². The third-order valence-corrected chi connectivity index (χ3v) is 5.20. The number of esters is 1. The molecule has 1 aliphatic rings. The summed E-state index contributed by atoms with van der Waals surface area (Å²) in [7, 11) is 2.98. The maximum atomic E-state index is 12.7. The number of rotatable bonds is 4. The third-order valence-electron chi connectivity index (χ3n) is 4.06. The second-order valence-electron chi connectivity index (χ2n) is 5.71. The fraction of sp³-hybridized carbons (Fsp3) is 0.263. The van der Waals surface area contributed by atoms with Crippen LogP contribution >= 0.6 is 11.8 Å². The van der Waals surface area contributed by atoms with Crippen LogP contribution < -0.4 is 9.64 Å². The first-order valence-corrected chi connectivity index (χ1v) is 8.74. The average Bonchev–Trinajstić information content (AvgIpc) is 2.64. The molecule has 0 fully saturated rings. The van der Waals surface area contributed by atoms with Crippen LogP contribution in [0.4, 0.5) is 5.69 Å². The molecule has 0 aromatic heterocycles. The predicted molar refractivity (Wildman–Crippen MR) is 97.3 cm³/mol. The van der Waals surface area contributed by atoms with Crippen molar-refractivity contribution < 1.29 is 19.1 Å². The van der Waals surface area contributed by atoms with Crippen molar-refractivity contribution in [2.75, 3.05) is 19.1 Å². The topological polar surface area (TPSA) is 55.8 Å². The lowest BCUT2D eigenvalue weighted by Gasteiger charge is -2.32. The minimum absolute atomic E-state index is 0.0473. The Labute approximate surface area is 150 Å². The molecule has 1 unspecified atom stereocenters. The molecule has 25 heavy (non-hydrogen) atoms. The van der Waals surface area contributed by atoms with E-state index < -0.39 is 0 Å². The normalized spacial score (nSPS) is 16.4. The van der Waals surface area contributed by atoms with Gasteiger partial charge in [-0.2, -0.15) is 0 Å². The van der Waals surface area contributed by atoms with Gasteiger partial charge < -0.3 is 14.4 Å². The van der Waals surface area contributed by atoms with Crippen molar-refractivity contribution in [2.24, 2.45) is 0 Å². The maximum Gasteiger partial charge on any atom is 0.337 e. The van der Waals surface area contributed by atoms with Gasteiger partial charge in [-0.25, -0.2) is 4.79 Å². The Balaban J connectivity index is 1.94. The van der Waals surface area contributed by atoms with Crippen molar-refractivity contribution in [2.45, 2.75) is 23.6 Å². The van der Waals surface area contributed by atoms with Gasteiger partial charge in [-0.3, -0.25) is 4.79 Å². The van der Waals surface area contributed by atoms with E-state index in [0.717, 1.165) is 21.9 Å². The Morgan fingerprint density at radius 1 is 1.20 bits per heavy atom. The van der Waals surface area contributed by atoms with E-state index in [2.05, 4.69) is 0 Å². The molecular weight excluding hydrogens is 338 g/mol. The van der Waals surface area contributed by atoms with Crippen molar-refractivity contribution in [3.63, 3.8) is 0 Å². The number of amides is 1. The minimum atomic E-state index is -0.388. The lowest BCUT2D eigenvalue weighted by molar-refractivity contribution is -0.118. The molecule has 2 aromatic rings. The van der Waals surface area contributed by atoms with Gasteiger partial charge in [-0.15, -0.1) is 11.8 Å². The summed E-state index contributed by atoms with van der Waals surface area (Å²) < 4.78 is 10.0. The van der Waals surface area contributed by atoms with E-state index >= 15 is 0 Å². The molecule has 0 saturated heterocycles. The van der Waals surface area contributed by atoms with E-state index in [4.69, 9.17) is 9.47 Å². The second kappa shape index (κ2) is 7.19. The predicted octanol–water partition coefficient (Wildman–Crippen LogP) is 3.51. The highest BCUT2D eigenvalue weighted by atomic mass is 32.2.